The summed E-state index contributed by atoms with van der Waals surface area (Å²) < 4.78 is 6.31. The van der Waals surface area contributed by atoms with Gasteiger partial charge in [0.2, 0.25) is 5.89 Å². The number of benzene rings is 7. The zero-order valence-corrected chi connectivity index (χ0v) is 26.3. The Hall–Kier alpha value is -5.93. The van der Waals surface area contributed by atoms with Gasteiger partial charge in [-0.3, -0.25) is 0 Å². The Morgan fingerprint density at radius 2 is 1.09 bits per heavy atom. The van der Waals surface area contributed by atoms with Crippen LogP contribution in [-0.4, -0.2) is 4.98 Å². The molecule has 0 spiro atoms. The SMILES string of the molecule is CC1(C)c2cc(N(c3ccc(-c4ccccc4)cc3)c3ccc4ccccc4c3)ccc2-c2cc3nc(-c4ccccc4)oc3cc21. The molecule has 0 N–H and O–H groups in total. The largest absolute Gasteiger partial charge is 0.436 e. The zero-order valence-electron chi connectivity index (χ0n) is 26.3. The topological polar surface area (TPSA) is 29.3 Å². The highest BCUT2D eigenvalue weighted by molar-refractivity contribution is 5.93. The fraction of sp³-hybridized carbons (Fsp3) is 0.0682. The third-order valence-corrected chi connectivity index (χ3v) is 9.67. The minimum atomic E-state index is -0.221. The predicted octanol–water partition coefficient (Wildman–Crippen LogP) is 12.1. The van der Waals surface area contributed by atoms with Crippen molar-refractivity contribution in [2.45, 2.75) is 19.3 Å². The molecule has 1 aliphatic rings. The van der Waals surface area contributed by atoms with Crippen LogP contribution in [0.25, 0.3) is 55.6 Å². The second kappa shape index (κ2) is 10.6. The molecule has 47 heavy (non-hydrogen) atoms. The molecule has 0 radical (unpaired) electrons. The lowest BCUT2D eigenvalue weighted by molar-refractivity contribution is 0.614. The van der Waals surface area contributed by atoms with Crippen molar-refractivity contribution in [2.75, 3.05) is 4.90 Å². The maximum Gasteiger partial charge on any atom is 0.227 e. The number of rotatable bonds is 5. The number of aromatic nitrogens is 1. The van der Waals surface area contributed by atoms with Crippen LogP contribution in [0.5, 0.6) is 0 Å². The Kier molecular flexibility index (Phi) is 6.16. The van der Waals surface area contributed by atoms with Crippen molar-refractivity contribution in [1.82, 2.24) is 4.98 Å². The van der Waals surface area contributed by atoms with Gasteiger partial charge in [0.15, 0.2) is 5.58 Å². The molecule has 0 fully saturated rings. The number of hydrogen-bond acceptors (Lipinski definition) is 3. The van der Waals surface area contributed by atoms with Gasteiger partial charge < -0.3 is 9.32 Å². The second-order valence-electron chi connectivity index (χ2n) is 12.9. The van der Waals surface area contributed by atoms with Gasteiger partial charge in [-0.05, 0) is 105 Å². The first-order valence-electron chi connectivity index (χ1n) is 16.1. The summed E-state index contributed by atoms with van der Waals surface area (Å²) in [5.41, 5.74) is 13.3. The van der Waals surface area contributed by atoms with Crippen molar-refractivity contribution in [3.8, 4) is 33.7 Å². The minimum absolute atomic E-state index is 0.221. The van der Waals surface area contributed by atoms with Gasteiger partial charge in [0.05, 0.1) is 0 Å². The zero-order chi connectivity index (χ0) is 31.5. The lowest BCUT2D eigenvalue weighted by Crippen LogP contribution is -2.16. The van der Waals surface area contributed by atoms with Gasteiger partial charge in [-0.1, -0.05) is 111 Å². The van der Waals surface area contributed by atoms with E-state index in [0.717, 1.165) is 33.7 Å². The molecule has 3 nitrogen and oxygen atoms in total. The van der Waals surface area contributed by atoms with Gasteiger partial charge in [0, 0.05) is 28.0 Å². The molecule has 3 heteroatoms. The lowest BCUT2D eigenvalue weighted by atomic mass is 9.82. The van der Waals surface area contributed by atoms with Crippen LogP contribution < -0.4 is 4.90 Å². The number of nitrogens with zero attached hydrogens (tertiary/aromatic N) is 2. The Morgan fingerprint density at radius 1 is 0.489 bits per heavy atom. The van der Waals surface area contributed by atoms with Crippen LogP contribution in [0, 0.1) is 0 Å². The lowest BCUT2D eigenvalue weighted by Gasteiger charge is -2.28. The number of hydrogen-bond donors (Lipinski definition) is 0. The molecule has 0 saturated heterocycles. The van der Waals surface area contributed by atoms with Gasteiger partial charge in [-0.15, -0.1) is 0 Å². The van der Waals surface area contributed by atoms with E-state index in [-0.39, 0.29) is 5.41 Å². The van der Waals surface area contributed by atoms with Gasteiger partial charge in [0.1, 0.15) is 5.52 Å². The van der Waals surface area contributed by atoms with E-state index in [1.54, 1.807) is 0 Å². The quantitative estimate of drug-likeness (QED) is 0.196. The number of fused-ring (bicyclic) bond motifs is 5. The molecule has 0 atom stereocenters. The maximum atomic E-state index is 6.31. The molecule has 1 aliphatic carbocycles. The monoisotopic (exact) mass is 604 g/mol. The molecule has 8 aromatic rings. The van der Waals surface area contributed by atoms with E-state index in [1.807, 2.05) is 30.3 Å². The van der Waals surface area contributed by atoms with E-state index in [2.05, 4.69) is 146 Å². The Morgan fingerprint density at radius 3 is 1.85 bits per heavy atom. The van der Waals surface area contributed by atoms with Crippen molar-refractivity contribution < 1.29 is 4.42 Å². The summed E-state index contributed by atoms with van der Waals surface area (Å²) in [6.07, 6.45) is 0. The summed E-state index contributed by atoms with van der Waals surface area (Å²) in [5, 5.41) is 2.45. The van der Waals surface area contributed by atoms with Gasteiger partial charge in [-0.25, -0.2) is 4.98 Å². The van der Waals surface area contributed by atoms with E-state index in [9.17, 15) is 0 Å². The highest BCUT2D eigenvalue weighted by Crippen LogP contribution is 2.52. The highest BCUT2D eigenvalue weighted by atomic mass is 16.3. The van der Waals surface area contributed by atoms with Crippen LogP contribution >= 0.6 is 0 Å². The molecule has 7 aromatic carbocycles. The first-order valence-corrected chi connectivity index (χ1v) is 16.1. The first-order chi connectivity index (χ1) is 23.0. The van der Waals surface area contributed by atoms with E-state index in [1.165, 1.54) is 44.2 Å². The van der Waals surface area contributed by atoms with E-state index in [4.69, 9.17) is 9.40 Å². The van der Waals surface area contributed by atoms with E-state index in [0.29, 0.717) is 5.89 Å². The molecule has 0 aliphatic heterocycles. The molecule has 0 amide bonds. The molecule has 9 rings (SSSR count). The minimum Gasteiger partial charge on any atom is -0.436 e. The van der Waals surface area contributed by atoms with Crippen molar-refractivity contribution in [2.24, 2.45) is 0 Å². The fourth-order valence-electron chi connectivity index (χ4n) is 7.18. The van der Waals surface area contributed by atoms with Gasteiger partial charge in [0.25, 0.3) is 0 Å². The summed E-state index contributed by atoms with van der Waals surface area (Å²) >= 11 is 0. The Labute approximate surface area is 274 Å². The van der Waals surface area contributed by atoms with Crippen molar-refractivity contribution in [3.05, 3.63) is 169 Å². The Bertz CT molecular complexity index is 2420. The average Bonchev–Trinajstić information content (AvgIpc) is 3.64. The number of anilines is 3. The average molecular weight is 605 g/mol. The van der Waals surface area contributed by atoms with Crippen LogP contribution in [0.1, 0.15) is 25.0 Å². The fourth-order valence-corrected chi connectivity index (χ4v) is 7.18. The van der Waals surface area contributed by atoms with Crippen LogP contribution in [0.4, 0.5) is 17.1 Å². The van der Waals surface area contributed by atoms with Crippen molar-refractivity contribution in [3.63, 3.8) is 0 Å². The predicted molar refractivity (Wildman–Crippen MR) is 195 cm³/mol. The third-order valence-electron chi connectivity index (χ3n) is 9.67. The molecular formula is C44H32N2O. The smallest absolute Gasteiger partial charge is 0.227 e. The molecule has 0 unspecified atom stereocenters. The summed E-state index contributed by atoms with van der Waals surface area (Å²) in [6, 6.07) is 56.2. The molecule has 0 saturated carbocycles. The number of oxazole rings is 1. The van der Waals surface area contributed by atoms with Gasteiger partial charge >= 0.3 is 0 Å². The molecular weight excluding hydrogens is 572 g/mol. The summed E-state index contributed by atoms with van der Waals surface area (Å²) in [5.74, 6) is 0.655. The molecule has 1 heterocycles. The van der Waals surface area contributed by atoms with Crippen LogP contribution in [-0.2, 0) is 5.41 Å². The van der Waals surface area contributed by atoms with Crippen LogP contribution in [0.2, 0.25) is 0 Å². The molecule has 1 aromatic heterocycles. The maximum absolute atomic E-state index is 6.31. The Balaban J connectivity index is 1.17. The summed E-state index contributed by atoms with van der Waals surface area (Å²) in [4.78, 5) is 7.26. The standard InChI is InChI=1S/C44H32N2O/c1-44(2)39-26-36(23-24-37(39)38-27-41-42(28-40(38)44)47-43(45-41)32-14-7-4-8-15-32)46(35-22-19-30-13-9-10-16-33(30)25-35)34-20-17-31(18-21-34)29-11-5-3-6-12-29/h3-28H,1-2H3. The van der Waals surface area contributed by atoms with E-state index >= 15 is 0 Å². The summed E-state index contributed by atoms with van der Waals surface area (Å²) in [7, 11) is 0. The van der Waals surface area contributed by atoms with Crippen molar-refractivity contribution in [1.29, 1.82) is 0 Å². The third kappa shape index (κ3) is 4.54. The van der Waals surface area contributed by atoms with Crippen molar-refractivity contribution >= 4 is 38.9 Å². The van der Waals surface area contributed by atoms with Crippen LogP contribution in [0.3, 0.4) is 0 Å². The van der Waals surface area contributed by atoms with Gasteiger partial charge in [-0.2, -0.15) is 0 Å². The normalized spacial score (nSPS) is 13.1. The van der Waals surface area contributed by atoms with E-state index < -0.39 is 0 Å². The summed E-state index contributed by atoms with van der Waals surface area (Å²) in [6.45, 7) is 4.63. The molecule has 0 bridgehead atoms. The highest BCUT2D eigenvalue weighted by Gasteiger charge is 2.37. The molecule has 224 valence electrons. The van der Waals surface area contributed by atoms with Crippen LogP contribution in [0.15, 0.2) is 162 Å². The first kappa shape index (κ1) is 27.4. The second-order valence-corrected chi connectivity index (χ2v) is 12.9.